The van der Waals surface area contributed by atoms with Gasteiger partial charge >= 0.3 is 0 Å². The molecular weight excluding hydrogens is 260 g/mol. The summed E-state index contributed by atoms with van der Waals surface area (Å²) in [6.45, 7) is 4.21. The highest BCUT2D eigenvalue weighted by Gasteiger charge is 2.39. The average Bonchev–Trinajstić information content (AvgIpc) is 2.24. The zero-order valence-corrected chi connectivity index (χ0v) is 11.6. The molecule has 1 aromatic carbocycles. The molecule has 0 amide bonds. The van der Waals surface area contributed by atoms with Crippen molar-refractivity contribution in [2.75, 3.05) is 6.26 Å². The van der Waals surface area contributed by atoms with Crippen LogP contribution in [0.15, 0.2) is 12.1 Å². The first kappa shape index (κ1) is 15.0. The number of benzene rings is 1. The van der Waals surface area contributed by atoms with Crippen LogP contribution >= 0.6 is 0 Å². The zero-order chi connectivity index (χ0) is 14.3. The van der Waals surface area contributed by atoms with E-state index < -0.39 is 32.3 Å². The van der Waals surface area contributed by atoms with Crippen LogP contribution in [0.5, 0.6) is 0 Å². The van der Waals surface area contributed by atoms with Crippen molar-refractivity contribution in [2.24, 2.45) is 5.73 Å². The van der Waals surface area contributed by atoms with Gasteiger partial charge in [0.2, 0.25) is 0 Å². The van der Waals surface area contributed by atoms with Gasteiger partial charge in [-0.05, 0) is 26.3 Å². The molecule has 18 heavy (non-hydrogen) atoms. The molecule has 0 radical (unpaired) electrons. The van der Waals surface area contributed by atoms with E-state index >= 15 is 0 Å². The van der Waals surface area contributed by atoms with Crippen LogP contribution in [0.2, 0.25) is 0 Å². The number of hydrogen-bond donors (Lipinski definition) is 1. The summed E-state index contributed by atoms with van der Waals surface area (Å²) in [6.07, 6.45) is 1.02. The van der Waals surface area contributed by atoms with E-state index in [-0.39, 0.29) is 11.1 Å². The Balaban J connectivity index is 3.37. The van der Waals surface area contributed by atoms with Crippen molar-refractivity contribution in [3.63, 3.8) is 0 Å². The van der Waals surface area contributed by atoms with Crippen LogP contribution in [0, 0.1) is 18.6 Å². The molecule has 1 atom stereocenters. The predicted molar refractivity (Wildman–Crippen MR) is 66.9 cm³/mol. The van der Waals surface area contributed by atoms with Crippen LogP contribution in [0.25, 0.3) is 0 Å². The Kier molecular flexibility index (Phi) is 3.83. The quantitative estimate of drug-likeness (QED) is 0.920. The van der Waals surface area contributed by atoms with E-state index in [1.54, 1.807) is 0 Å². The van der Waals surface area contributed by atoms with Crippen molar-refractivity contribution in [3.05, 3.63) is 34.9 Å². The van der Waals surface area contributed by atoms with Crippen molar-refractivity contribution >= 4 is 9.84 Å². The van der Waals surface area contributed by atoms with Gasteiger partial charge in [-0.1, -0.05) is 12.1 Å². The zero-order valence-electron chi connectivity index (χ0n) is 10.8. The average molecular weight is 277 g/mol. The molecule has 0 spiro atoms. The largest absolute Gasteiger partial charge is 0.323 e. The fourth-order valence-electron chi connectivity index (χ4n) is 1.51. The van der Waals surface area contributed by atoms with E-state index in [2.05, 4.69) is 0 Å². The Bertz CT molecular complexity index is 568. The third-order valence-electron chi connectivity index (χ3n) is 3.34. The summed E-state index contributed by atoms with van der Waals surface area (Å²) in [6, 6.07) is 1.57. The lowest BCUT2D eigenvalue weighted by Gasteiger charge is -2.30. The summed E-state index contributed by atoms with van der Waals surface area (Å²) < 4.78 is 49.1. The van der Waals surface area contributed by atoms with Gasteiger partial charge in [-0.2, -0.15) is 0 Å². The molecule has 0 saturated heterocycles. The van der Waals surface area contributed by atoms with Gasteiger partial charge in [-0.25, -0.2) is 17.2 Å². The van der Waals surface area contributed by atoms with Gasteiger partial charge in [0.05, 0.1) is 10.8 Å². The lowest BCUT2D eigenvalue weighted by molar-refractivity contribution is 0.451. The molecule has 0 heterocycles. The normalized spacial score (nSPS) is 14.6. The van der Waals surface area contributed by atoms with E-state index in [1.807, 2.05) is 0 Å². The second-order valence-electron chi connectivity index (χ2n) is 4.95. The van der Waals surface area contributed by atoms with Crippen molar-refractivity contribution in [3.8, 4) is 0 Å². The highest BCUT2D eigenvalue weighted by atomic mass is 32.2. The van der Waals surface area contributed by atoms with Crippen molar-refractivity contribution < 1.29 is 17.2 Å². The van der Waals surface area contributed by atoms with E-state index in [9.17, 15) is 17.2 Å². The fourth-order valence-corrected chi connectivity index (χ4v) is 2.09. The van der Waals surface area contributed by atoms with Gasteiger partial charge in [0.15, 0.2) is 21.5 Å². The van der Waals surface area contributed by atoms with E-state index in [0.717, 1.165) is 6.26 Å². The summed E-state index contributed by atoms with van der Waals surface area (Å²) in [7, 11) is -3.50. The number of nitrogens with two attached hydrogens (primary N) is 1. The monoisotopic (exact) mass is 277 g/mol. The lowest BCUT2D eigenvalue weighted by Crippen LogP contribution is -2.42. The van der Waals surface area contributed by atoms with Crippen LogP contribution in [0.3, 0.4) is 0 Å². The molecule has 0 fully saturated rings. The SMILES string of the molecule is Cc1ccc(C(N)C(C)(C)S(C)(=O)=O)c(F)c1F. The maximum Gasteiger partial charge on any atom is 0.163 e. The van der Waals surface area contributed by atoms with Crippen LogP contribution in [0.1, 0.15) is 31.0 Å². The Morgan fingerprint density at radius 2 is 1.72 bits per heavy atom. The molecule has 0 aliphatic heterocycles. The van der Waals surface area contributed by atoms with Gasteiger partial charge in [0.1, 0.15) is 0 Å². The number of rotatable bonds is 3. The standard InChI is InChI=1S/C12H17F2NO2S/c1-7-5-6-8(10(14)9(7)13)11(15)12(2,3)18(4,16)17/h5-6,11H,15H2,1-4H3. The molecule has 6 heteroatoms. The first-order valence-corrected chi connectivity index (χ1v) is 7.29. The van der Waals surface area contributed by atoms with Crippen molar-refractivity contribution in [1.29, 1.82) is 0 Å². The van der Waals surface area contributed by atoms with Gasteiger partial charge in [0.25, 0.3) is 0 Å². The molecule has 0 aromatic heterocycles. The smallest absolute Gasteiger partial charge is 0.163 e. The molecule has 2 N–H and O–H groups in total. The number of aryl methyl sites for hydroxylation is 1. The predicted octanol–water partition coefficient (Wildman–Crippen LogP) is 2.10. The molecule has 0 aliphatic carbocycles. The summed E-state index contributed by atoms with van der Waals surface area (Å²) in [5, 5.41) is 0. The van der Waals surface area contributed by atoms with E-state index in [0.29, 0.717) is 0 Å². The van der Waals surface area contributed by atoms with Gasteiger partial charge in [-0.15, -0.1) is 0 Å². The summed E-state index contributed by atoms with van der Waals surface area (Å²) >= 11 is 0. The van der Waals surface area contributed by atoms with Gasteiger partial charge < -0.3 is 5.73 Å². The molecule has 102 valence electrons. The topological polar surface area (TPSA) is 60.2 Å². The van der Waals surface area contributed by atoms with E-state index in [4.69, 9.17) is 5.73 Å². The minimum Gasteiger partial charge on any atom is -0.323 e. The van der Waals surface area contributed by atoms with Crippen LogP contribution in [-0.4, -0.2) is 19.4 Å². The molecular formula is C12H17F2NO2S. The lowest BCUT2D eigenvalue weighted by atomic mass is 9.94. The van der Waals surface area contributed by atoms with Crippen LogP contribution in [-0.2, 0) is 9.84 Å². The Hall–Kier alpha value is -1.01. The van der Waals surface area contributed by atoms with Crippen molar-refractivity contribution in [2.45, 2.75) is 31.6 Å². The van der Waals surface area contributed by atoms with Crippen molar-refractivity contribution in [1.82, 2.24) is 0 Å². The Morgan fingerprint density at radius 3 is 2.17 bits per heavy atom. The first-order valence-electron chi connectivity index (χ1n) is 5.40. The minimum absolute atomic E-state index is 0.131. The van der Waals surface area contributed by atoms with Gasteiger partial charge in [0, 0.05) is 11.8 Å². The molecule has 0 bridgehead atoms. The van der Waals surface area contributed by atoms with Gasteiger partial charge in [-0.3, -0.25) is 0 Å². The second kappa shape index (κ2) is 4.59. The fraction of sp³-hybridized carbons (Fsp3) is 0.500. The summed E-state index contributed by atoms with van der Waals surface area (Å²) in [4.78, 5) is 0. The first-order chi connectivity index (χ1) is 8.00. The second-order valence-corrected chi connectivity index (χ2v) is 7.55. The highest BCUT2D eigenvalue weighted by Crippen LogP contribution is 2.32. The highest BCUT2D eigenvalue weighted by molar-refractivity contribution is 7.92. The number of hydrogen-bond acceptors (Lipinski definition) is 3. The van der Waals surface area contributed by atoms with Crippen LogP contribution in [0.4, 0.5) is 8.78 Å². The maximum absolute atomic E-state index is 13.8. The molecule has 1 rings (SSSR count). The number of sulfone groups is 1. The Labute approximate surface area is 106 Å². The molecule has 3 nitrogen and oxygen atoms in total. The van der Waals surface area contributed by atoms with Crippen LogP contribution < -0.4 is 5.73 Å². The molecule has 0 aliphatic rings. The third kappa shape index (κ3) is 2.40. The third-order valence-corrected chi connectivity index (χ3v) is 5.51. The van der Waals surface area contributed by atoms with E-state index in [1.165, 1.54) is 32.9 Å². The molecule has 1 unspecified atom stereocenters. The summed E-state index contributed by atoms with van der Waals surface area (Å²) in [5.41, 5.74) is 5.82. The minimum atomic E-state index is -3.50. The maximum atomic E-state index is 13.8. The molecule has 0 saturated carbocycles. The summed E-state index contributed by atoms with van der Waals surface area (Å²) in [5.74, 6) is -2.08. The number of halogens is 2. The molecule has 1 aromatic rings. The Morgan fingerprint density at radius 1 is 1.22 bits per heavy atom.